The Balaban J connectivity index is 1.72. The second-order valence-electron chi connectivity index (χ2n) is 6.50. The highest BCUT2D eigenvalue weighted by Crippen LogP contribution is 2.26. The minimum Gasteiger partial charge on any atom is -0.465 e. The zero-order valence-electron chi connectivity index (χ0n) is 14.6. The van der Waals surface area contributed by atoms with E-state index >= 15 is 0 Å². The van der Waals surface area contributed by atoms with E-state index in [-0.39, 0.29) is 18.6 Å². The van der Waals surface area contributed by atoms with Gasteiger partial charge >= 0.3 is 5.97 Å². The molecule has 0 bridgehead atoms. The smallest absolute Gasteiger partial charge is 0.337 e. The van der Waals surface area contributed by atoms with Gasteiger partial charge in [-0.3, -0.25) is 4.90 Å². The molecule has 1 aromatic heterocycles. The highest BCUT2D eigenvalue weighted by Gasteiger charge is 2.28. The van der Waals surface area contributed by atoms with E-state index in [0.717, 1.165) is 30.5 Å². The summed E-state index contributed by atoms with van der Waals surface area (Å²) < 4.78 is 10.3. The number of carbonyl (C=O) groups is 1. The van der Waals surface area contributed by atoms with Gasteiger partial charge in [0, 0.05) is 24.2 Å². The Morgan fingerprint density at radius 3 is 2.80 bits per heavy atom. The van der Waals surface area contributed by atoms with Crippen molar-refractivity contribution in [3.8, 4) is 11.5 Å². The molecule has 1 aliphatic heterocycles. The number of carbonyl (C=O) groups excluding carboxylic acids is 1. The van der Waals surface area contributed by atoms with Crippen LogP contribution < -0.4 is 0 Å². The van der Waals surface area contributed by atoms with Crippen LogP contribution in [0.5, 0.6) is 0 Å². The molecular weight excluding hydrogens is 320 g/mol. The van der Waals surface area contributed by atoms with Crippen molar-refractivity contribution in [1.29, 1.82) is 0 Å². The molecule has 0 saturated carbocycles. The fraction of sp³-hybridized carbons (Fsp3) is 0.474. The third kappa shape index (κ3) is 3.91. The lowest BCUT2D eigenvalue weighted by molar-refractivity contribution is 0.0442. The lowest BCUT2D eigenvalue weighted by Crippen LogP contribution is -2.46. The Morgan fingerprint density at radius 2 is 2.12 bits per heavy atom. The van der Waals surface area contributed by atoms with Gasteiger partial charge in [0.1, 0.15) is 6.26 Å². The number of esters is 1. The Hall–Kier alpha value is -2.18. The molecule has 0 amide bonds. The highest BCUT2D eigenvalue weighted by molar-refractivity contribution is 5.89. The van der Waals surface area contributed by atoms with Crippen LogP contribution in [0, 0.1) is 0 Å². The van der Waals surface area contributed by atoms with E-state index in [1.54, 1.807) is 30.5 Å². The van der Waals surface area contributed by atoms with E-state index in [1.807, 2.05) is 0 Å². The molecule has 2 atom stereocenters. The number of benzene rings is 1. The van der Waals surface area contributed by atoms with E-state index in [1.165, 1.54) is 7.11 Å². The lowest BCUT2D eigenvalue weighted by atomic mass is 9.97. The van der Waals surface area contributed by atoms with Crippen LogP contribution in [0.4, 0.5) is 0 Å². The molecule has 0 radical (unpaired) electrons. The maximum absolute atomic E-state index is 11.5. The predicted octanol–water partition coefficient (Wildman–Crippen LogP) is 2.86. The van der Waals surface area contributed by atoms with Gasteiger partial charge in [-0.1, -0.05) is 6.42 Å². The van der Waals surface area contributed by atoms with Gasteiger partial charge in [0.15, 0.2) is 0 Å². The van der Waals surface area contributed by atoms with Gasteiger partial charge in [0.05, 0.1) is 25.0 Å². The first-order chi connectivity index (χ1) is 12.1. The molecule has 1 saturated heterocycles. The fourth-order valence-corrected chi connectivity index (χ4v) is 3.39. The van der Waals surface area contributed by atoms with Crippen LogP contribution in [0.15, 0.2) is 34.9 Å². The summed E-state index contributed by atoms with van der Waals surface area (Å²) in [5, 5.41) is 9.61. The molecule has 6 nitrogen and oxygen atoms in total. The molecule has 0 unspecified atom stereocenters. The van der Waals surface area contributed by atoms with Crippen molar-refractivity contribution in [1.82, 2.24) is 9.88 Å². The fourth-order valence-electron chi connectivity index (χ4n) is 3.39. The molecule has 1 N–H and O–H groups in total. The molecule has 3 rings (SSSR count). The van der Waals surface area contributed by atoms with E-state index in [4.69, 9.17) is 9.15 Å². The van der Waals surface area contributed by atoms with Crippen LogP contribution in [0.1, 0.15) is 42.2 Å². The Labute approximate surface area is 147 Å². The number of aliphatic hydroxyl groups is 1. The Bertz CT molecular complexity index is 710. The maximum atomic E-state index is 11.5. The molecular formula is C19H24N2O4. The van der Waals surface area contributed by atoms with Crippen LogP contribution in [0.2, 0.25) is 0 Å². The number of piperidine rings is 1. The third-order valence-corrected chi connectivity index (χ3v) is 4.85. The quantitative estimate of drug-likeness (QED) is 0.841. The SMILES string of the molecule is COC(=O)c1ccc(-c2nc(CN3[C@H](CO)CCC[C@H]3C)co2)cc1. The Morgan fingerprint density at radius 1 is 1.36 bits per heavy atom. The van der Waals surface area contributed by atoms with Gasteiger partial charge in [0.2, 0.25) is 5.89 Å². The number of hydrogen-bond donors (Lipinski definition) is 1. The number of oxazole rings is 1. The molecule has 0 spiro atoms. The topological polar surface area (TPSA) is 75.8 Å². The number of nitrogens with zero attached hydrogens (tertiary/aromatic N) is 2. The second kappa shape index (κ2) is 7.80. The standard InChI is InChI=1S/C19H24N2O4/c1-13-4-3-5-17(11-22)21(13)10-16-12-25-18(20-16)14-6-8-15(9-7-14)19(23)24-2/h6-9,12-13,17,22H,3-5,10-11H2,1-2H3/t13-,17+/m1/s1. The summed E-state index contributed by atoms with van der Waals surface area (Å²) in [6.07, 6.45) is 4.97. The summed E-state index contributed by atoms with van der Waals surface area (Å²) >= 11 is 0. The number of rotatable bonds is 5. The van der Waals surface area contributed by atoms with Crippen LogP contribution in [-0.4, -0.2) is 46.8 Å². The normalized spacial score (nSPS) is 21.2. The van der Waals surface area contributed by atoms with Gasteiger partial charge in [-0.05, 0) is 44.0 Å². The van der Waals surface area contributed by atoms with Crippen molar-refractivity contribution in [2.45, 2.75) is 44.8 Å². The predicted molar refractivity (Wildman–Crippen MR) is 93.0 cm³/mol. The van der Waals surface area contributed by atoms with E-state index in [0.29, 0.717) is 24.0 Å². The van der Waals surface area contributed by atoms with Crippen molar-refractivity contribution in [3.63, 3.8) is 0 Å². The average Bonchev–Trinajstić information content (AvgIpc) is 3.11. The van der Waals surface area contributed by atoms with Crippen molar-refractivity contribution >= 4 is 5.97 Å². The number of likely N-dealkylation sites (tertiary alicyclic amines) is 1. The molecule has 1 fully saturated rings. The zero-order chi connectivity index (χ0) is 17.8. The first-order valence-corrected chi connectivity index (χ1v) is 8.62. The maximum Gasteiger partial charge on any atom is 0.337 e. The minimum atomic E-state index is -0.367. The molecule has 0 aliphatic carbocycles. The molecule has 2 aromatic rings. The van der Waals surface area contributed by atoms with Crippen molar-refractivity contribution in [3.05, 3.63) is 41.8 Å². The molecule has 2 heterocycles. The summed E-state index contributed by atoms with van der Waals surface area (Å²) in [7, 11) is 1.36. The first-order valence-electron chi connectivity index (χ1n) is 8.62. The van der Waals surface area contributed by atoms with Crippen molar-refractivity contribution < 1.29 is 19.1 Å². The van der Waals surface area contributed by atoms with Gasteiger partial charge in [0.25, 0.3) is 0 Å². The van der Waals surface area contributed by atoms with Gasteiger partial charge < -0.3 is 14.3 Å². The monoisotopic (exact) mass is 344 g/mol. The van der Waals surface area contributed by atoms with Crippen LogP contribution in [0.3, 0.4) is 0 Å². The van der Waals surface area contributed by atoms with Crippen molar-refractivity contribution in [2.75, 3.05) is 13.7 Å². The van der Waals surface area contributed by atoms with Crippen molar-refractivity contribution in [2.24, 2.45) is 0 Å². The number of methoxy groups -OCH3 is 1. The van der Waals surface area contributed by atoms with Crippen LogP contribution in [-0.2, 0) is 11.3 Å². The largest absolute Gasteiger partial charge is 0.465 e. The molecule has 6 heteroatoms. The van der Waals surface area contributed by atoms with E-state index in [9.17, 15) is 9.90 Å². The average molecular weight is 344 g/mol. The minimum absolute atomic E-state index is 0.171. The van der Waals surface area contributed by atoms with E-state index < -0.39 is 0 Å². The molecule has 25 heavy (non-hydrogen) atoms. The van der Waals surface area contributed by atoms with Gasteiger partial charge in [-0.2, -0.15) is 0 Å². The number of aliphatic hydroxyl groups excluding tert-OH is 1. The molecule has 1 aliphatic rings. The van der Waals surface area contributed by atoms with Gasteiger partial charge in [-0.25, -0.2) is 9.78 Å². The summed E-state index contributed by atoms with van der Waals surface area (Å²) in [6.45, 7) is 3.02. The van der Waals surface area contributed by atoms with Gasteiger partial charge in [-0.15, -0.1) is 0 Å². The number of aromatic nitrogens is 1. The summed E-state index contributed by atoms with van der Waals surface area (Å²) in [6, 6.07) is 7.58. The first kappa shape index (κ1) is 17.6. The lowest BCUT2D eigenvalue weighted by Gasteiger charge is -2.39. The summed E-state index contributed by atoms with van der Waals surface area (Å²) in [5.74, 6) is 0.158. The second-order valence-corrected chi connectivity index (χ2v) is 6.50. The molecule has 1 aromatic carbocycles. The van der Waals surface area contributed by atoms with E-state index in [2.05, 4.69) is 16.8 Å². The third-order valence-electron chi connectivity index (χ3n) is 4.85. The van der Waals surface area contributed by atoms with Crippen LogP contribution >= 0.6 is 0 Å². The number of ether oxygens (including phenoxy) is 1. The molecule has 134 valence electrons. The number of hydrogen-bond acceptors (Lipinski definition) is 6. The highest BCUT2D eigenvalue weighted by atomic mass is 16.5. The summed E-state index contributed by atoms with van der Waals surface area (Å²) in [4.78, 5) is 18.4. The zero-order valence-corrected chi connectivity index (χ0v) is 14.6. The van der Waals surface area contributed by atoms with Crippen LogP contribution in [0.25, 0.3) is 11.5 Å². The summed E-state index contributed by atoms with van der Waals surface area (Å²) in [5.41, 5.74) is 2.15. The Kier molecular flexibility index (Phi) is 5.50.